The maximum Gasteiger partial charge on any atom is 0.109 e. The number of rotatable bonds is 5. The van der Waals surface area contributed by atoms with Crippen LogP contribution in [-0.4, -0.2) is 24.0 Å². The molecule has 1 aliphatic heterocycles. The predicted octanol–water partition coefficient (Wildman–Crippen LogP) is 4.76. The molecule has 0 amide bonds. The number of nitriles is 1. The van der Waals surface area contributed by atoms with Crippen molar-refractivity contribution in [1.82, 2.24) is 4.90 Å². The Balaban J connectivity index is 1.97. The van der Waals surface area contributed by atoms with Crippen LogP contribution >= 0.6 is 0 Å². The van der Waals surface area contributed by atoms with Gasteiger partial charge in [-0.15, -0.1) is 0 Å². The van der Waals surface area contributed by atoms with Crippen LogP contribution in [0.25, 0.3) is 0 Å². The third-order valence-electron chi connectivity index (χ3n) is 5.34. The zero-order valence-corrected chi connectivity index (χ0v) is 14.5. The largest absolute Gasteiger partial charge is 0.301 e. The van der Waals surface area contributed by atoms with Crippen molar-refractivity contribution >= 4 is 0 Å². The lowest BCUT2D eigenvalue weighted by atomic mass is 9.71. The summed E-state index contributed by atoms with van der Waals surface area (Å²) in [5.41, 5.74) is 1.62. The average Bonchev–Trinajstić information content (AvgIpc) is 2.68. The second kappa shape index (κ2) is 7.64. The van der Waals surface area contributed by atoms with Gasteiger partial charge in [-0.3, -0.25) is 0 Å². The van der Waals surface area contributed by atoms with Gasteiger partial charge in [-0.2, -0.15) is 5.26 Å². The van der Waals surface area contributed by atoms with E-state index in [-0.39, 0.29) is 0 Å². The van der Waals surface area contributed by atoms with Crippen molar-refractivity contribution in [3.05, 3.63) is 71.8 Å². The van der Waals surface area contributed by atoms with Gasteiger partial charge in [0.15, 0.2) is 0 Å². The minimum absolute atomic E-state index is 0.394. The Labute approximate surface area is 145 Å². The average molecular weight is 318 g/mol. The highest BCUT2D eigenvalue weighted by Crippen LogP contribution is 2.37. The van der Waals surface area contributed by atoms with Gasteiger partial charge < -0.3 is 4.90 Å². The number of nitrogens with zero attached hydrogens (tertiary/aromatic N) is 2. The molecular weight excluding hydrogens is 292 g/mol. The Hall–Kier alpha value is -2.11. The molecule has 0 N–H and O–H groups in total. The summed E-state index contributed by atoms with van der Waals surface area (Å²) in [6.45, 7) is 4.60. The number of likely N-dealkylation sites (tertiary alicyclic amines) is 1. The van der Waals surface area contributed by atoms with Gasteiger partial charge in [0.2, 0.25) is 0 Å². The summed E-state index contributed by atoms with van der Waals surface area (Å²) in [5.74, 6) is 0. The minimum atomic E-state index is -0.584. The van der Waals surface area contributed by atoms with Crippen molar-refractivity contribution in [2.45, 2.75) is 44.1 Å². The zero-order chi connectivity index (χ0) is 16.8. The molecule has 2 aromatic carbocycles. The Morgan fingerprint density at radius 3 is 1.88 bits per heavy atom. The van der Waals surface area contributed by atoms with E-state index in [1.54, 1.807) is 0 Å². The molecule has 0 unspecified atom stereocenters. The summed E-state index contributed by atoms with van der Waals surface area (Å²) in [6, 6.07) is 23.7. The zero-order valence-electron chi connectivity index (χ0n) is 14.5. The maximum absolute atomic E-state index is 10.3. The molecule has 0 saturated carbocycles. The first-order valence-corrected chi connectivity index (χ1v) is 9.02. The third kappa shape index (κ3) is 3.37. The summed E-state index contributed by atoms with van der Waals surface area (Å²) in [5, 5.41) is 10.3. The maximum atomic E-state index is 10.3. The fraction of sp³-hybridized carbons (Fsp3) is 0.409. The van der Waals surface area contributed by atoms with E-state index >= 15 is 0 Å². The molecule has 1 fully saturated rings. The van der Waals surface area contributed by atoms with Crippen LogP contribution < -0.4 is 0 Å². The van der Waals surface area contributed by atoms with E-state index in [1.165, 1.54) is 19.3 Å². The molecule has 1 heterocycles. The van der Waals surface area contributed by atoms with Crippen molar-refractivity contribution < 1.29 is 0 Å². The van der Waals surface area contributed by atoms with Crippen LogP contribution in [0.2, 0.25) is 0 Å². The van der Waals surface area contributed by atoms with Gasteiger partial charge in [-0.1, -0.05) is 67.1 Å². The van der Waals surface area contributed by atoms with Crippen molar-refractivity contribution in [3.63, 3.8) is 0 Å². The first kappa shape index (κ1) is 16.7. The fourth-order valence-corrected chi connectivity index (χ4v) is 3.95. The Bertz CT molecular complexity index is 627. The number of benzene rings is 2. The highest BCUT2D eigenvalue weighted by atomic mass is 15.2. The van der Waals surface area contributed by atoms with Crippen LogP contribution in [0.3, 0.4) is 0 Å². The van der Waals surface area contributed by atoms with Gasteiger partial charge in [-0.25, -0.2) is 0 Å². The molecule has 2 heteroatoms. The Kier molecular flexibility index (Phi) is 5.33. The van der Waals surface area contributed by atoms with Crippen molar-refractivity contribution in [1.29, 1.82) is 5.26 Å². The molecule has 0 spiro atoms. The predicted molar refractivity (Wildman–Crippen MR) is 98.8 cm³/mol. The second-order valence-electron chi connectivity index (χ2n) is 6.90. The summed E-state index contributed by atoms with van der Waals surface area (Å²) in [4.78, 5) is 2.56. The van der Waals surface area contributed by atoms with E-state index in [9.17, 15) is 5.26 Å². The summed E-state index contributed by atoms with van der Waals surface area (Å²) >= 11 is 0. The molecule has 24 heavy (non-hydrogen) atoms. The molecule has 0 aliphatic carbocycles. The van der Waals surface area contributed by atoms with Crippen LogP contribution in [0.1, 0.15) is 43.7 Å². The van der Waals surface area contributed by atoms with Crippen molar-refractivity contribution in [2.75, 3.05) is 13.1 Å². The van der Waals surface area contributed by atoms with E-state index in [2.05, 4.69) is 42.2 Å². The number of hydrogen-bond acceptors (Lipinski definition) is 2. The van der Waals surface area contributed by atoms with Crippen LogP contribution in [-0.2, 0) is 5.41 Å². The van der Waals surface area contributed by atoms with E-state index in [4.69, 9.17) is 0 Å². The number of hydrogen-bond donors (Lipinski definition) is 0. The lowest BCUT2D eigenvalue weighted by Crippen LogP contribution is -2.42. The Morgan fingerprint density at radius 2 is 1.42 bits per heavy atom. The number of piperidine rings is 1. The van der Waals surface area contributed by atoms with E-state index < -0.39 is 5.41 Å². The molecule has 1 atom stereocenters. The first-order chi connectivity index (χ1) is 11.8. The van der Waals surface area contributed by atoms with Gasteiger partial charge in [0, 0.05) is 6.04 Å². The second-order valence-corrected chi connectivity index (χ2v) is 6.90. The topological polar surface area (TPSA) is 27.0 Å². The molecular formula is C22H26N2. The lowest BCUT2D eigenvalue weighted by Gasteiger charge is -2.38. The minimum Gasteiger partial charge on any atom is -0.301 e. The molecule has 0 aromatic heterocycles. The Morgan fingerprint density at radius 1 is 0.917 bits per heavy atom. The van der Waals surface area contributed by atoms with E-state index in [1.807, 2.05) is 36.4 Å². The fourth-order valence-electron chi connectivity index (χ4n) is 3.95. The van der Waals surface area contributed by atoms with Crippen LogP contribution in [0.5, 0.6) is 0 Å². The van der Waals surface area contributed by atoms with Crippen LogP contribution in [0.4, 0.5) is 0 Å². The SMILES string of the molecule is C[C@@H](CC(C#N)(c1ccccc1)c1ccccc1)N1CCCCC1. The van der Waals surface area contributed by atoms with Gasteiger partial charge in [-0.05, 0) is 50.4 Å². The molecule has 1 aliphatic rings. The molecule has 2 nitrogen and oxygen atoms in total. The summed E-state index contributed by atoms with van der Waals surface area (Å²) in [6.07, 6.45) is 4.72. The van der Waals surface area contributed by atoms with Gasteiger partial charge in [0.05, 0.1) is 6.07 Å². The summed E-state index contributed by atoms with van der Waals surface area (Å²) < 4.78 is 0. The lowest BCUT2D eigenvalue weighted by molar-refractivity contribution is 0.157. The molecule has 0 bridgehead atoms. The van der Waals surface area contributed by atoms with Crippen molar-refractivity contribution in [3.8, 4) is 6.07 Å². The third-order valence-corrected chi connectivity index (χ3v) is 5.34. The molecule has 1 saturated heterocycles. The van der Waals surface area contributed by atoms with Crippen LogP contribution in [0.15, 0.2) is 60.7 Å². The summed E-state index contributed by atoms with van der Waals surface area (Å²) in [7, 11) is 0. The molecule has 0 radical (unpaired) electrons. The van der Waals surface area contributed by atoms with Crippen LogP contribution in [0, 0.1) is 11.3 Å². The molecule has 3 rings (SSSR count). The highest BCUT2D eigenvalue weighted by molar-refractivity contribution is 5.46. The smallest absolute Gasteiger partial charge is 0.109 e. The van der Waals surface area contributed by atoms with E-state index in [0.29, 0.717) is 6.04 Å². The monoisotopic (exact) mass is 318 g/mol. The highest BCUT2D eigenvalue weighted by Gasteiger charge is 2.37. The standard InChI is InChI=1S/C22H26N2/c1-19(24-15-9-4-10-16-24)17-22(18-23,20-11-5-2-6-12-20)21-13-7-3-8-14-21/h2-3,5-8,11-14,19H,4,9-10,15-17H2,1H3/t19-/m0/s1. The van der Waals surface area contributed by atoms with Gasteiger partial charge in [0.1, 0.15) is 5.41 Å². The quantitative estimate of drug-likeness (QED) is 0.794. The normalized spacial score (nSPS) is 17.2. The van der Waals surface area contributed by atoms with Gasteiger partial charge >= 0.3 is 0 Å². The molecule has 2 aromatic rings. The van der Waals surface area contributed by atoms with E-state index in [0.717, 1.165) is 30.6 Å². The molecule has 124 valence electrons. The van der Waals surface area contributed by atoms with Crippen molar-refractivity contribution in [2.24, 2.45) is 0 Å². The first-order valence-electron chi connectivity index (χ1n) is 9.02. The van der Waals surface area contributed by atoms with Gasteiger partial charge in [0.25, 0.3) is 0 Å².